The van der Waals surface area contributed by atoms with Gasteiger partial charge < -0.3 is 14.5 Å². The minimum absolute atomic E-state index is 0.00500. The largest absolute Gasteiger partial charge is 0.471 e. The maximum Gasteiger partial charge on any atom is 0.416 e. The average molecular weight is 462 g/mol. The standard InChI is InChI=1S/C20H20F6N4O2/c1-29(2)16-5-6-17(28-27-16)32-15-4-3-7-30(11-15)18(31)12-8-13(19(21,22)23)10-14(9-12)20(24,25)26/h5-6,8-10,15H,3-4,7,11H2,1-2H3. The molecule has 1 fully saturated rings. The van der Waals surface area contributed by atoms with Crippen molar-refractivity contribution in [3.8, 4) is 5.88 Å². The van der Waals surface area contributed by atoms with Crippen LogP contribution in [-0.2, 0) is 12.4 Å². The third-order valence-electron chi connectivity index (χ3n) is 4.87. The van der Waals surface area contributed by atoms with Crippen LogP contribution in [0.25, 0.3) is 0 Å². The van der Waals surface area contributed by atoms with E-state index in [9.17, 15) is 31.1 Å². The first kappa shape index (κ1) is 23.6. The molecular weight excluding hydrogens is 442 g/mol. The van der Waals surface area contributed by atoms with E-state index in [-0.39, 0.29) is 25.0 Å². The summed E-state index contributed by atoms with van der Waals surface area (Å²) in [6.45, 7) is 0.176. The number of aromatic nitrogens is 2. The summed E-state index contributed by atoms with van der Waals surface area (Å²) in [7, 11) is 3.57. The Morgan fingerprint density at radius 1 is 1.03 bits per heavy atom. The molecule has 0 saturated carbocycles. The van der Waals surface area contributed by atoms with Gasteiger partial charge in [-0.1, -0.05) is 0 Å². The highest BCUT2D eigenvalue weighted by molar-refractivity contribution is 5.94. The van der Waals surface area contributed by atoms with Gasteiger partial charge in [0.1, 0.15) is 6.10 Å². The monoisotopic (exact) mass is 462 g/mol. The number of carbonyl (C=O) groups excluding carboxylic acids is 1. The molecule has 2 aromatic rings. The number of piperidine rings is 1. The van der Waals surface area contributed by atoms with Crippen molar-refractivity contribution in [3.63, 3.8) is 0 Å². The molecule has 0 radical (unpaired) electrons. The third kappa shape index (κ3) is 5.60. The first-order valence-corrected chi connectivity index (χ1v) is 9.61. The molecule has 1 unspecified atom stereocenters. The van der Waals surface area contributed by atoms with E-state index in [0.29, 0.717) is 30.8 Å². The number of alkyl halides is 6. The summed E-state index contributed by atoms with van der Waals surface area (Å²) < 4.78 is 84.3. The van der Waals surface area contributed by atoms with Crippen LogP contribution in [0, 0.1) is 0 Å². The van der Waals surface area contributed by atoms with Crippen molar-refractivity contribution in [3.05, 3.63) is 47.0 Å². The minimum Gasteiger partial charge on any atom is -0.471 e. The molecule has 6 nitrogen and oxygen atoms in total. The topological polar surface area (TPSA) is 58.6 Å². The van der Waals surface area contributed by atoms with Gasteiger partial charge in [-0.3, -0.25) is 4.79 Å². The number of anilines is 1. The van der Waals surface area contributed by atoms with Crippen LogP contribution < -0.4 is 9.64 Å². The van der Waals surface area contributed by atoms with Gasteiger partial charge in [-0.2, -0.15) is 26.3 Å². The Kier molecular flexibility index (Phi) is 6.51. The van der Waals surface area contributed by atoms with Gasteiger partial charge in [0.2, 0.25) is 5.88 Å². The van der Waals surface area contributed by atoms with Crippen LogP contribution in [0.2, 0.25) is 0 Å². The van der Waals surface area contributed by atoms with E-state index >= 15 is 0 Å². The van der Waals surface area contributed by atoms with Gasteiger partial charge in [0.05, 0.1) is 17.7 Å². The van der Waals surface area contributed by atoms with Gasteiger partial charge >= 0.3 is 12.4 Å². The molecule has 1 aliphatic rings. The van der Waals surface area contributed by atoms with Crippen molar-refractivity contribution in [2.24, 2.45) is 0 Å². The number of benzene rings is 1. The zero-order chi connectivity index (χ0) is 23.7. The van der Waals surface area contributed by atoms with Crippen molar-refractivity contribution in [2.45, 2.75) is 31.3 Å². The lowest BCUT2D eigenvalue weighted by molar-refractivity contribution is -0.143. The Labute approximate surface area is 179 Å². The van der Waals surface area contributed by atoms with E-state index in [4.69, 9.17) is 4.74 Å². The number of nitrogens with zero attached hydrogens (tertiary/aromatic N) is 4. The molecule has 0 bridgehead atoms. The molecule has 174 valence electrons. The van der Waals surface area contributed by atoms with Crippen molar-refractivity contribution >= 4 is 11.7 Å². The van der Waals surface area contributed by atoms with Gasteiger partial charge in [-0.25, -0.2) is 0 Å². The Hall–Kier alpha value is -3.05. The van der Waals surface area contributed by atoms with Crippen LogP contribution >= 0.6 is 0 Å². The van der Waals surface area contributed by atoms with E-state index < -0.39 is 41.1 Å². The summed E-state index contributed by atoms with van der Waals surface area (Å²) in [6.07, 6.45) is -9.58. The summed E-state index contributed by atoms with van der Waals surface area (Å²) in [5, 5.41) is 7.90. The second-order valence-electron chi connectivity index (χ2n) is 7.55. The van der Waals surface area contributed by atoms with E-state index in [1.165, 1.54) is 4.90 Å². The first-order chi connectivity index (χ1) is 14.8. The first-order valence-electron chi connectivity index (χ1n) is 9.61. The minimum atomic E-state index is -5.03. The highest BCUT2D eigenvalue weighted by Gasteiger charge is 2.38. The third-order valence-corrected chi connectivity index (χ3v) is 4.87. The smallest absolute Gasteiger partial charge is 0.416 e. The van der Waals surface area contributed by atoms with Gasteiger partial charge in [0, 0.05) is 32.3 Å². The van der Waals surface area contributed by atoms with Gasteiger partial charge in [0.15, 0.2) is 5.82 Å². The summed E-state index contributed by atoms with van der Waals surface area (Å²) in [6, 6.07) is 4.14. The Morgan fingerprint density at radius 3 is 2.16 bits per heavy atom. The van der Waals surface area contributed by atoms with E-state index in [1.54, 1.807) is 31.1 Å². The molecule has 0 spiro atoms. The number of hydrogen-bond acceptors (Lipinski definition) is 5. The van der Waals surface area contributed by atoms with Crippen LogP contribution in [0.4, 0.5) is 32.2 Å². The van der Waals surface area contributed by atoms with Crippen LogP contribution in [-0.4, -0.2) is 54.3 Å². The quantitative estimate of drug-likeness (QED) is 0.636. The fraction of sp³-hybridized carbons (Fsp3) is 0.450. The number of carbonyl (C=O) groups is 1. The van der Waals surface area contributed by atoms with Crippen LogP contribution in [0.1, 0.15) is 34.3 Å². The molecule has 12 heteroatoms. The number of rotatable bonds is 4. The number of likely N-dealkylation sites (tertiary alicyclic amines) is 1. The predicted molar refractivity (Wildman–Crippen MR) is 102 cm³/mol. The molecule has 1 amide bonds. The maximum atomic E-state index is 13.1. The molecule has 1 saturated heterocycles. The van der Waals surface area contributed by atoms with Gasteiger partial charge in [0.25, 0.3) is 5.91 Å². The Morgan fingerprint density at radius 2 is 1.66 bits per heavy atom. The molecule has 32 heavy (non-hydrogen) atoms. The normalized spacial score (nSPS) is 17.2. The lowest BCUT2D eigenvalue weighted by Crippen LogP contribution is -2.44. The summed E-state index contributed by atoms with van der Waals surface area (Å²) >= 11 is 0. The van der Waals surface area contributed by atoms with Crippen LogP contribution in [0.15, 0.2) is 30.3 Å². The second kappa shape index (κ2) is 8.83. The number of hydrogen-bond donors (Lipinski definition) is 0. The average Bonchev–Trinajstić information content (AvgIpc) is 2.72. The molecule has 1 atom stereocenters. The van der Waals surface area contributed by atoms with Crippen molar-refractivity contribution in [1.29, 1.82) is 0 Å². The molecule has 1 aromatic heterocycles. The molecule has 2 heterocycles. The van der Waals surface area contributed by atoms with E-state index in [0.717, 1.165) is 0 Å². The molecule has 1 aromatic carbocycles. The Bertz CT molecular complexity index is 928. The highest BCUT2D eigenvalue weighted by atomic mass is 19.4. The number of amides is 1. The van der Waals surface area contributed by atoms with E-state index in [2.05, 4.69) is 10.2 Å². The maximum absolute atomic E-state index is 13.1. The highest BCUT2D eigenvalue weighted by Crippen LogP contribution is 2.36. The van der Waals surface area contributed by atoms with E-state index in [1.807, 2.05) is 0 Å². The van der Waals surface area contributed by atoms with Crippen LogP contribution in [0.5, 0.6) is 5.88 Å². The van der Waals surface area contributed by atoms with Crippen LogP contribution in [0.3, 0.4) is 0 Å². The van der Waals surface area contributed by atoms with Gasteiger partial charge in [-0.05, 0) is 37.1 Å². The van der Waals surface area contributed by atoms with Crippen molar-refractivity contribution in [2.75, 3.05) is 32.1 Å². The summed E-state index contributed by atoms with van der Waals surface area (Å²) in [4.78, 5) is 15.7. The zero-order valence-corrected chi connectivity index (χ0v) is 17.2. The van der Waals surface area contributed by atoms with Crippen molar-refractivity contribution < 1.29 is 35.9 Å². The molecular formula is C20H20F6N4O2. The molecule has 3 rings (SSSR count). The second-order valence-corrected chi connectivity index (χ2v) is 7.55. The fourth-order valence-electron chi connectivity index (χ4n) is 3.26. The predicted octanol–water partition coefficient (Wildman–Crippen LogP) is 4.26. The number of halogens is 6. The zero-order valence-electron chi connectivity index (χ0n) is 17.2. The fourth-order valence-corrected chi connectivity index (χ4v) is 3.26. The number of ether oxygens (including phenoxy) is 1. The summed E-state index contributed by atoms with van der Waals surface area (Å²) in [5.74, 6) is -0.125. The SMILES string of the molecule is CN(C)c1ccc(OC2CCCN(C(=O)c3cc(C(F)(F)F)cc(C(F)(F)F)c3)C2)nn1. The summed E-state index contributed by atoms with van der Waals surface area (Å²) in [5.41, 5.74) is -3.74. The molecule has 0 aliphatic carbocycles. The lowest BCUT2D eigenvalue weighted by Gasteiger charge is -2.32. The lowest BCUT2D eigenvalue weighted by atomic mass is 10.0. The Balaban J connectivity index is 1.78. The van der Waals surface area contributed by atoms with Crippen molar-refractivity contribution in [1.82, 2.24) is 15.1 Å². The van der Waals surface area contributed by atoms with Gasteiger partial charge in [-0.15, -0.1) is 10.2 Å². The molecule has 1 aliphatic heterocycles. The molecule has 0 N–H and O–H groups in total.